The van der Waals surface area contributed by atoms with E-state index in [0.29, 0.717) is 4.97 Å². The Morgan fingerprint density at radius 3 is 2.55 bits per heavy atom. The lowest BCUT2D eigenvalue weighted by molar-refractivity contribution is 0.0975. The highest BCUT2D eigenvalue weighted by Gasteiger charge is 2.07. The molecule has 1 atom stereocenters. The fraction of sp³-hybridized carbons (Fsp3) is 1.00. The van der Waals surface area contributed by atoms with Crippen LogP contribution in [0, 0.1) is 0 Å². The molecule has 0 aromatic rings. The zero-order chi connectivity index (χ0) is 8.53. The first-order valence-electron chi connectivity index (χ1n) is 4.40. The standard InChI is InChI=1S/C8H17O.Al.ClH/c1-3-5-7-9-8-6-4-2;;/h7H,3-6,8H2,1-2H3;;1H/q;+1;/p-1. The van der Waals surface area contributed by atoms with Crippen LogP contribution >= 0.6 is 10.0 Å². The SMILES string of the molecule is CCCCO[CH](CCC)[Al][Cl]. The molecule has 0 saturated carbocycles. The van der Waals surface area contributed by atoms with E-state index in [-0.39, 0.29) is 14.3 Å². The first kappa shape index (κ1) is 11.8. The number of hydrogen-bond acceptors (Lipinski definition) is 1. The Kier molecular flexibility index (Phi) is 9.51. The van der Waals surface area contributed by atoms with Crippen LogP contribution in [-0.2, 0) is 4.74 Å². The molecule has 0 aromatic carbocycles. The highest BCUT2D eigenvalue weighted by Crippen LogP contribution is 2.03. The Morgan fingerprint density at radius 1 is 1.36 bits per heavy atom. The molecule has 0 aromatic heterocycles. The lowest BCUT2D eigenvalue weighted by Gasteiger charge is -2.12. The maximum Gasteiger partial charge on any atom is 0.396 e. The molecule has 0 fully saturated rings. The molecule has 0 aliphatic rings. The van der Waals surface area contributed by atoms with Crippen molar-refractivity contribution in [1.29, 1.82) is 0 Å². The van der Waals surface area contributed by atoms with Crippen molar-refractivity contribution < 1.29 is 4.74 Å². The molecule has 0 spiro atoms. The highest BCUT2D eigenvalue weighted by atomic mass is 35.6. The Hall–Kier alpha value is 0.782. The summed E-state index contributed by atoms with van der Waals surface area (Å²) in [5.74, 6) is 0. The summed E-state index contributed by atoms with van der Waals surface area (Å²) >= 11 is -0.0220. The Labute approximate surface area is 80.4 Å². The average molecular weight is 192 g/mol. The summed E-state index contributed by atoms with van der Waals surface area (Å²) in [6.07, 6.45) is 4.67. The van der Waals surface area contributed by atoms with Crippen LogP contribution in [0.3, 0.4) is 0 Å². The summed E-state index contributed by atoms with van der Waals surface area (Å²) in [5, 5.41) is 0. The van der Waals surface area contributed by atoms with E-state index in [4.69, 9.17) is 14.8 Å². The van der Waals surface area contributed by atoms with Crippen molar-refractivity contribution in [2.24, 2.45) is 0 Å². The van der Waals surface area contributed by atoms with Gasteiger partial charge in [-0.05, 0) is 12.8 Å². The minimum Gasteiger partial charge on any atom is -0.392 e. The number of unbranched alkanes of at least 4 members (excludes halogenated alkanes) is 1. The zero-order valence-electron chi connectivity index (χ0n) is 7.48. The molecule has 65 valence electrons. The molecular formula is C8H17AlClO. The van der Waals surface area contributed by atoms with E-state index in [9.17, 15) is 0 Å². The van der Waals surface area contributed by atoms with Gasteiger partial charge in [0.15, 0.2) is 0 Å². The van der Waals surface area contributed by atoms with Crippen LogP contribution in [0.1, 0.15) is 39.5 Å². The number of ether oxygens (including phenoxy) is 1. The lowest BCUT2D eigenvalue weighted by Crippen LogP contribution is -2.17. The van der Waals surface area contributed by atoms with E-state index in [2.05, 4.69) is 13.8 Å². The first-order valence-corrected chi connectivity index (χ1v) is 6.81. The van der Waals surface area contributed by atoms with Gasteiger partial charge in [-0.25, -0.2) is 0 Å². The molecule has 1 radical (unpaired) electrons. The summed E-state index contributed by atoms with van der Waals surface area (Å²) in [6, 6.07) is 0. The topological polar surface area (TPSA) is 9.23 Å². The van der Waals surface area contributed by atoms with Gasteiger partial charge >= 0.3 is 14.3 Å². The van der Waals surface area contributed by atoms with Gasteiger partial charge in [0, 0.05) is 11.6 Å². The summed E-state index contributed by atoms with van der Waals surface area (Å²) in [7, 11) is 5.78. The van der Waals surface area contributed by atoms with Gasteiger partial charge in [-0.15, -0.1) is 0 Å². The molecule has 0 N–H and O–H groups in total. The van der Waals surface area contributed by atoms with E-state index in [1.54, 1.807) is 0 Å². The van der Waals surface area contributed by atoms with Gasteiger partial charge in [0.2, 0.25) is 0 Å². The summed E-state index contributed by atoms with van der Waals surface area (Å²) in [6.45, 7) is 5.23. The van der Waals surface area contributed by atoms with Gasteiger partial charge < -0.3 is 4.74 Å². The molecule has 0 saturated heterocycles. The fourth-order valence-electron chi connectivity index (χ4n) is 0.846. The van der Waals surface area contributed by atoms with Crippen LogP contribution in [-0.4, -0.2) is 25.9 Å². The van der Waals surface area contributed by atoms with Crippen LogP contribution < -0.4 is 0 Å². The molecule has 3 heteroatoms. The Morgan fingerprint density at radius 2 is 2.09 bits per heavy atom. The van der Waals surface area contributed by atoms with Crippen molar-refractivity contribution in [3.8, 4) is 0 Å². The fourth-order valence-corrected chi connectivity index (χ4v) is 2.11. The summed E-state index contributed by atoms with van der Waals surface area (Å²) in [5.41, 5.74) is 0. The highest BCUT2D eigenvalue weighted by molar-refractivity contribution is 6.94. The van der Waals surface area contributed by atoms with Crippen LogP contribution in [0.2, 0.25) is 0 Å². The van der Waals surface area contributed by atoms with E-state index in [0.717, 1.165) is 19.4 Å². The zero-order valence-corrected chi connectivity index (χ0v) is 9.39. The van der Waals surface area contributed by atoms with Gasteiger partial charge in [-0.3, -0.25) is 10.0 Å². The molecule has 1 unspecified atom stereocenters. The molecule has 11 heavy (non-hydrogen) atoms. The second-order valence-corrected chi connectivity index (χ2v) is 4.43. The second kappa shape index (κ2) is 8.88. The largest absolute Gasteiger partial charge is 0.396 e. The van der Waals surface area contributed by atoms with Crippen molar-refractivity contribution >= 4 is 24.3 Å². The van der Waals surface area contributed by atoms with Crippen LogP contribution in [0.15, 0.2) is 0 Å². The molecular weight excluding hydrogens is 175 g/mol. The van der Waals surface area contributed by atoms with Gasteiger partial charge in [-0.1, -0.05) is 26.7 Å². The number of rotatable bonds is 7. The normalized spacial score (nSPS) is 13.0. The van der Waals surface area contributed by atoms with Crippen LogP contribution in [0.25, 0.3) is 0 Å². The molecule has 0 rings (SSSR count). The maximum absolute atomic E-state index is 5.78. The van der Waals surface area contributed by atoms with Gasteiger partial charge in [0.1, 0.15) is 0 Å². The van der Waals surface area contributed by atoms with Crippen LogP contribution in [0.5, 0.6) is 0 Å². The van der Waals surface area contributed by atoms with Crippen molar-refractivity contribution in [2.75, 3.05) is 6.61 Å². The second-order valence-electron chi connectivity index (χ2n) is 2.68. The molecule has 0 aliphatic heterocycles. The van der Waals surface area contributed by atoms with Gasteiger partial charge in [-0.2, -0.15) is 0 Å². The van der Waals surface area contributed by atoms with E-state index >= 15 is 0 Å². The Balaban J connectivity index is 3.20. The van der Waals surface area contributed by atoms with E-state index < -0.39 is 0 Å². The van der Waals surface area contributed by atoms with E-state index in [1.165, 1.54) is 12.8 Å². The summed E-state index contributed by atoms with van der Waals surface area (Å²) < 4.78 is 5.58. The summed E-state index contributed by atoms with van der Waals surface area (Å²) in [4.78, 5) is 0.369. The predicted molar refractivity (Wildman–Crippen MR) is 51.2 cm³/mol. The van der Waals surface area contributed by atoms with Crippen molar-refractivity contribution in [3.63, 3.8) is 0 Å². The minimum absolute atomic E-state index is 0.0220. The van der Waals surface area contributed by atoms with Crippen LogP contribution in [0.4, 0.5) is 0 Å². The Bertz CT molecular complexity index is 80.5. The van der Waals surface area contributed by atoms with Crippen molar-refractivity contribution in [1.82, 2.24) is 0 Å². The third kappa shape index (κ3) is 7.15. The quantitative estimate of drug-likeness (QED) is 0.444. The lowest BCUT2D eigenvalue weighted by atomic mass is 10.3. The third-order valence-corrected chi connectivity index (χ3v) is 3.19. The maximum atomic E-state index is 5.78. The monoisotopic (exact) mass is 191 g/mol. The smallest absolute Gasteiger partial charge is 0.392 e. The average Bonchev–Trinajstić information content (AvgIpc) is 2.03. The third-order valence-electron chi connectivity index (χ3n) is 1.54. The molecule has 0 heterocycles. The number of halogens is 1. The first-order chi connectivity index (χ1) is 5.35. The molecule has 0 amide bonds. The molecule has 0 bridgehead atoms. The number of hydrogen-bond donors (Lipinski definition) is 0. The van der Waals surface area contributed by atoms with Crippen molar-refractivity contribution in [3.05, 3.63) is 0 Å². The molecule has 1 nitrogen and oxygen atoms in total. The van der Waals surface area contributed by atoms with Gasteiger partial charge in [0.05, 0.1) is 0 Å². The van der Waals surface area contributed by atoms with Gasteiger partial charge in [0.25, 0.3) is 0 Å². The molecule has 0 aliphatic carbocycles. The van der Waals surface area contributed by atoms with E-state index in [1.807, 2.05) is 0 Å². The van der Waals surface area contributed by atoms with Crippen molar-refractivity contribution in [2.45, 2.75) is 44.5 Å². The predicted octanol–water partition coefficient (Wildman–Crippen LogP) is 2.79. The minimum atomic E-state index is -0.0220.